The summed E-state index contributed by atoms with van der Waals surface area (Å²) in [5, 5.41) is 6.67. The van der Waals surface area contributed by atoms with Crippen LogP contribution in [0.1, 0.15) is 31.7 Å². The lowest BCUT2D eigenvalue weighted by Gasteiger charge is -2.15. The fraction of sp³-hybridized carbons (Fsp3) is 0.562. The van der Waals surface area contributed by atoms with Gasteiger partial charge < -0.3 is 15.4 Å². The van der Waals surface area contributed by atoms with Crippen LogP contribution in [-0.4, -0.2) is 32.2 Å². The first kappa shape index (κ1) is 14.7. The van der Waals surface area contributed by atoms with Gasteiger partial charge in [0.25, 0.3) is 0 Å². The molecule has 0 saturated carbocycles. The van der Waals surface area contributed by atoms with E-state index in [1.54, 1.807) is 7.05 Å². The summed E-state index contributed by atoms with van der Waals surface area (Å²) in [6.45, 7) is 3.96. The van der Waals surface area contributed by atoms with E-state index in [2.05, 4.69) is 34.7 Å². The summed E-state index contributed by atoms with van der Waals surface area (Å²) in [4.78, 5) is 4.23. The van der Waals surface area contributed by atoms with Gasteiger partial charge >= 0.3 is 0 Å². The maximum absolute atomic E-state index is 5.90. The zero-order chi connectivity index (χ0) is 14.2. The van der Waals surface area contributed by atoms with Crippen molar-refractivity contribution >= 4 is 5.96 Å². The third-order valence-electron chi connectivity index (χ3n) is 3.51. The second-order valence-corrected chi connectivity index (χ2v) is 5.14. The first-order valence-corrected chi connectivity index (χ1v) is 7.52. The van der Waals surface area contributed by atoms with E-state index in [-0.39, 0.29) is 6.10 Å². The molecule has 2 rings (SSSR count). The highest BCUT2D eigenvalue weighted by Crippen LogP contribution is 2.27. The molecule has 0 saturated heterocycles. The molecule has 2 N–H and O–H groups in total. The molecule has 1 aromatic rings. The number of hydrogen-bond acceptors (Lipinski definition) is 2. The van der Waals surface area contributed by atoms with Crippen LogP contribution in [0.25, 0.3) is 0 Å². The lowest BCUT2D eigenvalue weighted by Crippen LogP contribution is -2.42. The van der Waals surface area contributed by atoms with Gasteiger partial charge in [0.2, 0.25) is 0 Å². The van der Waals surface area contributed by atoms with Crippen molar-refractivity contribution in [1.29, 1.82) is 0 Å². The summed E-state index contributed by atoms with van der Waals surface area (Å²) >= 11 is 0. The Balaban J connectivity index is 1.70. The number of guanidine groups is 1. The summed E-state index contributed by atoms with van der Waals surface area (Å²) in [5.74, 6) is 1.88. The molecule has 0 fully saturated rings. The normalized spacial score (nSPS) is 17.5. The largest absolute Gasteiger partial charge is 0.488 e. The zero-order valence-electron chi connectivity index (χ0n) is 12.5. The fourth-order valence-corrected chi connectivity index (χ4v) is 2.38. The molecule has 0 spiro atoms. The Morgan fingerprint density at radius 1 is 1.30 bits per heavy atom. The number of aliphatic imine (C=N–C) groups is 1. The molecule has 110 valence electrons. The molecule has 20 heavy (non-hydrogen) atoms. The highest BCUT2D eigenvalue weighted by Gasteiger charge is 2.22. The molecule has 1 unspecified atom stereocenters. The standard InChI is InChI=1S/C16H25N3O/c1-3-4-7-10-18-16(17-2)19-12-14-11-13-8-5-6-9-15(13)20-14/h5-6,8-9,14H,3-4,7,10-12H2,1-2H3,(H2,17,18,19). The van der Waals surface area contributed by atoms with Crippen LogP contribution in [0.5, 0.6) is 5.75 Å². The van der Waals surface area contributed by atoms with E-state index < -0.39 is 0 Å². The van der Waals surface area contributed by atoms with Crippen LogP contribution in [0.15, 0.2) is 29.3 Å². The van der Waals surface area contributed by atoms with Crippen molar-refractivity contribution in [2.24, 2.45) is 4.99 Å². The highest BCUT2D eigenvalue weighted by molar-refractivity contribution is 5.79. The number of ether oxygens (including phenoxy) is 1. The maximum Gasteiger partial charge on any atom is 0.191 e. The van der Waals surface area contributed by atoms with Crippen molar-refractivity contribution in [3.63, 3.8) is 0 Å². The van der Waals surface area contributed by atoms with Crippen LogP contribution in [0, 0.1) is 0 Å². The Hall–Kier alpha value is -1.71. The summed E-state index contributed by atoms with van der Waals surface area (Å²) < 4.78 is 5.90. The molecule has 0 aliphatic carbocycles. The molecule has 0 amide bonds. The van der Waals surface area contributed by atoms with Crippen LogP contribution >= 0.6 is 0 Å². The third-order valence-corrected chi connectivity index (χ3v) is 3.51. The predicted molar refractivity (Wildman–Crippen MR) is 83.5 cm³/mol. The molecule has 1 aliphatic rings. The molecule has 4 nitrogen and oxygen atoms in total. The molecule has 1 aromatic carbocycles. The minimum absolute atomic E-state index is 0.196. The van der Waals surface area contributed by atoms with Crippen LogP contribution in [0.3, 0.4) is 0 Å². The smallest absolute Gasteiger partial charge is 0.191 e. The molecule has 4 heteroatoms. The van der Waals surface area contributed by atoms with Crippen molar-refractivity contribution in [3.05, 3.63) is 29.8 Å². The van der Waals surface area contributed by atoms with Crippen LogP contribution in [0.4, 0.5) is 0 Å². The Morgan fingerprint density at radius 3 is 2.90 bits per heavy atom. The quantitative estimate of drug-likeness (QED) is 0.476. The van der Waals surface area contributed by atoms with Gasteiger partial charge in [-0.3, -0.25) is 4.99 Å². The van der Waals surface area contributed by atoms with Crippen LogP contribution in [-0.2, 0) is 6.42 Å². The number of rotatable bonds is 6. The van der Waals surface area contributed by atoms with Crippen molar-refractivity contribution in [3.8, 4) is 5.75 Å². The fourth-order valence-electron chi connectivity index (χ4n) is 2.38. The Labute approximate surface area is 121 Å². The van der Waals surface area contributed by atoms with Gasteiger partial charge in [0, 0.05) is 20.0 Å². The number of nitrogens with zero attached hydrogens (tertiary/aromatic N) is 1. The van der Waals surface area contributed by atoms with Gasteiger partial charge in [-0.2, -0.15) is 0 Å². The van der Waals surface area contributed by atoms with E-state index in [0.717, 1.165) is 31.2 Å². The molecular weight excluding hydrogens is 250 g/mol. The highest BCUT2D eigenvalue weighted by atomic mass is 16.5. The van der Waals surface area contributed by atoms with E-state index in [4.69, 9.17) is 4.74 Å². The van der Waals surface area contributed by atoms with Crippen LogP contribution in [0.2, 0.25) is 0 Å². The van der Waals surface area contributed by atoms with Crippen molar-refractivity contribution < 1.29 is 4.74 Å². The Bertz CT molecular complexity index is 420. The van der Waals surface area contributed by atoms with Gasteiger partial charge in [0.1, 0.15) is 11.9 Å². The summed E-state index contributed by atoms with van der Waals surface area (Å²) in [7, 11) is 1.80. The monoisotopic (exact) mass is 275 g/mol. The van der Waals surface area contributed by atoms with Crippen molar-refractivity contribution in [1.82, 2.24) is 10.6 Å². The van der Waals surface area contributed by atoms with Gasteiger partial charge in [-0.15, -0.1) is 0 Å². The Kier molecular flexibility index (Phi) is 5.71. The molecule has 1 aliphatic heterocycles. The second kappa shape index (κ2) is 7.78. The topological polar surface area (TPSA) is 45.7 Å². The second-order valence-electron chi connectivity index (χ2n) is 5.14. The lowest BCUT2D eigenvalue weighted by molar-refractivity contribution is 0.235. The van der Waals surface area contributed by atoms with Gasteiger partial charge in [-0.1, -0.05) is 38.0 Å². The summed E-state index contributed by atoms with van der Waals surface area (Å²) in [6.07, 6.45) is 4.84. The first-order chi connectivity index (χ1) is 9.83. The van der Waals surface area contributed by atoms with Gasteiger partial charge in [0.15, 0.2) is 5.96 Å². The van der Waals surface area contributed by atoms with E-state index in [9.17, 15) is 0 Å². The number of unbranched alkanes of at least 4 members (excludes halogenated alkanes) is 2. The third kappa shape index (κ3) is 4.15. The van der Waals surface area contributed by atoms with Crippen molar-refractivity contribution in [2.45, 2.75) is 38.7 Å². The molecule has 1 heterocycles. The molecule has 0 aromatic heterocycles. The maximum atomic E-state index is 5.90. The molecule has 0 radical (unpaired) electrons. The Morgan fingerprint density at radius 2 is 2.15 bits per heavy atom. The molecule has 0 bridgehead atoms. The minimum Gasteiger partial charge on any atom is -0.488 e. The number of fused-ring (bicyclic) bond motifs is 1. The van der Waals surface area contributed by atoms with Gasteiger partial charge in [-0.25, -0.2) is 0 Å². The minimum atomic E-state index is 0.196. The molecular formula is C16H25N3O. The average Bonchev–Trinajstić information content (AvgIpc) is 2.89. The number of nitrogens with one attached hydrogen (secondary N) is 2. The summed E-state index contributed by atoms with van der Waals surface area (Å²) in [6, 6.07) is 8.25. The SMILES string of the molecule is CCCCCNC(=NC)NCC1Cc2ccccc2O1. The van der Waals surface area contributed by atoms with Crippen LogP contribution < -0.4 is 15.4 Å². The van der Waals surface area contributed by atoms with E-state index in [1.165, 1.54) is 24.8 Å². The molecule has 1 atom stereocenters. The van der Waals surface area contributed by atoms with E-state index >= 15 is 0 Å². The lowest BCUT2D eigenvalue weighted by atomic mass is 10.1. The van der Waals surface area contributed by atoms with Crippen molar-refractivity contribution in [2.75, 3.05) is 20.1 Å². The first-order valence-electron chi connectivity index (χ1n) is 7.52. The average molecular weight is 275 g/mol. The van der Waals surface area contributed by atoms with E-state index in [0.29, 0.717) is 0 Å². The van der Waals surface area contributed by atoms with Gasteiger partial charge in [-0.05, 0) is 18.1 Å². The predicted octanol–water partition coefficient (Wildman–Crippen LogP) is 2.35. The summed E-state index contributed by atoms with van der Waals surface area (Å²) in [5.41, 5.74) is 1.30. The number of benzene rings is 1. The van der Waals surface area contributed by atoms with E-state index in [1.807, 2.05) is 12.1 Å². The van der Waals surface area contributed by atoms with Gasteiger partial charge in [0.05, 0.1) is 6.54 Å². The number of hydrogen-bond donors (Lipinski definition) is 2. The zero-order valence-corrected chi connectivity index (χ0v) is 12.5. The number of para-hydroxylation sites is 1.